The number of halogens is 1. The summed E-state index contributed by atoms with van der Waals surface area (Å²) < 4.78 is 0. The molecular formula is C19H29ClN4O2. The van der Waals surface area contributed by atoms with Gasteiger partial charge in [-0.2, -0.15) is 0 Å². The van der Waals surface area contributed by atoms with Crippen LogP contribution < -0.4 is 16.0 Å². The number of piperidine rings is 1. The first-order valence-electron chi connectivity index (χ1n) is 9.15. The maximum absolute atomic E-state index is 12.7. The fraction of sp³-hybridized carbons (Fsp3) is 0.579. The van der Waals surface area contributed by atoms with Crippen LogP contribution >= 0.6 is 12.4 Å². The van der Waals surface area contributed by atoms with E-state index < -0.39 is 0 Å². The number of rotatable bonds is 3. The lowest BCUT2D eigenvalue weighted by Crippen LogP contribution is -2.44. The number of likely N-dealkylation sites (tertiary alicyclic amines) is 1. The van der Waals surface area contributed by atoms with Crippen LogP contribution in [0.5, 0.6) is 0 Å². The number of carbonyl (C=O) groups is 2. The summed E-state index contributed by atoms with van der Waals surface area (Å²) in [6, 6.07) is 6.97. The van der Waals surface area contributed by atoms with E-state index in [1.54, 1.807) is 24.3 Å². The zero-order chi connectivity index (χ0) is 17.9. The topological polar surface area (TPSA) is 73.5 Å². The summed E-state index contributed by atoms with van der Waals surface area (Å²) in [4.78, 5) is 26.4. The predicted octanol–water partition coefficient (Wildman–Crippen LogP) is 2.85. The van der Waals surface area contributed by atoms with E-state index in [1.165, 1.54) is 6.42 Å². The van der Waals surface area contributed by atoms with Crippen LogP contribution in [0.25, 0.3) is 0 Å². The minimum absolute atomic E-state index is 0. The maximum Gasteiger partial charge on any atom is 0.319 e. The molecule has 3 rings (SSSR count). The van der Waals surface area contributed by atoms with E-state index in [0.717, 1.165) is 39.0 Å². The number of carbonyl (C=O) groups excluding carboxylic acids is 2. The monoisotopic (exact) mass is 380 g/mol. The second kappa shape index (κ2) is 8.73. The molecule has 0 radical (unpaired) electrons. The number of benzene rings is 1. The van der Waals surface area contributed by atoms with Crippen LogP contribution in [-0.2, 0) is 0 Å². The molecule has 144 valence electrons. The predicted molar refractivity (Wildman–Crippen MR) is 106 cm³/mol. The molecule has 7 heteroatoms. The summed E-state index contributed by atoms with van der Waals surface area (Å²) in [5.41, 5.74) is 1.77. The number of nitrogens with one attached hydrogen (secondary N) is 3. The SMILES string of the molecule is CC(C)NC(=O)Nc1ccc(C(=O)N2CCC3(CCNC3)CC2)cc1.Cl. The molecule has 3 N–H and O–H groups in total. The zero-order valence-corrected chi connectivity index (χ0v) is 16.3. The summed E-state index contributed by atoms with van der Waals surface area (Å²) in [5.74, 6) is 0.0824. The first-order valence-corrected chi connectivity index (χ1v) is 9.15. The van der Waals surface area contributed by atoms with E-state index in [9.17, 15) is 9.59 Å². The van der Waals surface area contributed by atoms with Gasteiger partial charge in [0, 0.05) is 36.9 Å². The number of hydrogen-bond donors (Lipinski definition) is 3. The first-order chi connectivity index (χ1) is 12.0. The molecule has 2 aliphatic rings. The van der Waals surface area contributed by atoms with Crippen molar-refractivity contribution in [3.8, 4) is 0 Å². The van der Waals surface area contributed by atoms with E-state index in [0.29, 0.717) is 16.7 Å². The molecule has 1 aromatic carbocycles. The van der Waals surface area contributed by atoms with Gasteiger partial charge in [0.15, 0.2) is 0 Å². The lowest BCUT2D eigenvalue weighted by atomic mass is 9.78. The van der Waals surface area contributed by atoms with Crippen LogP contribution in [0.4, 0.5) is 10.5 Å². The summed E-state index contributed by atoms with van der Waals surface area (Å²) in [5, 5.41) is 8.99. The van der Waals surface area contributed by atoms with Gasteiger partial charge in [-0.05, 0) is 69.3 Å². The molecule has 0 aliphatic carbocycles. The van der Waals surface area contributed by atoms with Crippen LogP contribution in [0.15, 0.2) is 24.3 Å². The van der Waals surface area contributed by atoms with Gasteiger partial charge in [0.05, 0.1) is 0 Å². The quantitative estimate of drug-likeness (QED) is 0.754. The first kappa shape index (κ1) is 20.5. The van der Waals surface area contributed by atoms with Crippen LogP contribution in [0.1, 0.15) is 43.5 Å². The largest absolute Gasteiger partial charge is 0.339 e. The Hall–Kier alpha value is -1.79. The van der Waals surface area contributed by atoms with Gasteiger partial charge in [0.25, 0.3) is 5.91 Å². The molecule has 1 spiro atoms. The molecule has 1 aromatic rings. The van der Waals surface area contributed by atoms with Gasteiger partial charge < -0.3 is 20.9 Å². The van der Waals surface area contributed by atoms with E-state index in [-0.39, 0.29) is 30.4 Å². The summed E-state index contributed by atoms with van der Waals surface area (Å²) in [7, 11) is 0. The minimum atomic E-state index is -0.236. The van der Waals surface area contributed by atoms with Crippen molar-refractivity contribution in [2.75, 3.05) is 31.5 Å². The third-order valence-corrected chi connectivity index (χ3v) is 5.25. The van der Waals surface area contributed by atoms with Crippen molar-refractivity contribution in [2.24, 2.45) is 5.41 Å². The fourth-order valence-corrected chi connectivity index (χ4v) is 3.71. The average molecular weight is 381 g/mol. The molecule has 6 nitrogen and oxygen atoms in total. The Bertz CT molecular complexity index is 617. The highest BCUT2D eigenvalue weighted by Crippen LogP contribution is 2.37. The summed E-state index contributed by atoms with van der Waals surface area (Å²) >= 11 is 0. The Morgan fingerprint density at radius 3 is 2.31 bits per heavy atom. The van der Waals surface area contributed by atoms with Crippen molar-refractivity contribution in [1.82, 2.24) is 15.5 Å². The number of nitrogens with zero attached hydrogens (tertiary/aromatic N) is 1. The van der Waals surface area contributed by atoms with Gasteiger partial charge in [-0.3, -0.25) is 4.79 Å². The number of amides is 3. The van der Waals surface area contributed by atoms with Crippen molar-refractivity contribution in [3.63, 3.8) is 0 Å². The Labute approximate surface area is 161 Å². The highest BCUT2D eigenvalue weighted by molar-refractivity contribution is 5.95. The molecule has 0 saturated carbocycles. The molecule has 2 heterocycles. The zero-order valence-electron chi connectivity index (χ0n) is 15.5. The molecule has 2 aliphatic heterocycles. The second-order valence-electron chi connectivity index (χ2n) is 7.55. The molecule has 26 heavy (non-hydrogen) atoms. The molecule has 0 atom stereocenters. The fourth-order valence-electron chi connectivity index (χ4n) is 3.71. The third kappa shape index (κ3) is 4.89. The van der Waals surface area contributed by atoms with Gasteiger partial charge in [-0.15, -0.1) is 12.4 Å². The van der Waals surface area contributed by atoms with Gasteiger partial charge >= 0.3 is 6.03 Å². The van der Waals surface area contributed by atoms with E-state index in [4.69, 9.17) is 0 Å². The van der Waals surface area contributed by atoms with Crippen LogP contribution in [0.3, 0.4) is 0 Å². The molecule has 2 saturated heterocycles. The second-order valence-corrected chi connectivity index (χ2v) is 7.55. The Morgan fingerprint density at radius 2 is 1.77 bits per heavy atom. The van der Waals surface area contributed by atoms with E-state index in [1.807, 2.05) is 18.7 Å². The van der Waals surface area contributed by atoms with Crippen molar-refractivity contribution in [1.29, 1.82) is 0 Å². The van der Waals surface area contributed by atoms with Crippen LogP contribution in [0.2, 0.25) is 0 Å². The molecule has 0 aromatic heterocycles. The summed E-state index contributed by atoms with van der Waals surface area (Å²) in [6.07, 6.45) is 3.40. The standard InChI is InChI=1S/C19H28N4O2.ClH/c1-14(2)21-18(25)22-16-5-3-15(4-6-16)17(24)23-11-8-19(9-12-23)7-10-20-13-19;/h3-6,14,20H,7-13H2,1-2H3,(H2,21,22,25);1H. The van der Waals surface area contributed by atoms with Gasteiger partial charge in [0.1, 0.15) is 0 Å². The van der Waals surface area contributed by atoms with Crippen molar-refractivity contribution >= 4 is 30.0 Å². The van der Waals surface area contributed by atoms with Crippen molar-refractivity contribution < 1.29 is 9.59 Å². The van der Waals surface area contributed by atoms with E-state index in [2.05, 4.69) is 16.0 Å². The molecule has 3 amide bonds. The van der Waals surface area contributed by atoms with Crippen LogP contribution in [0, 0.1) is 5.41 Å². The van der Waals surface area contributed by atoms with E-state index >= 15 is 0 Å². The number of anilines is 1. The Kier molecular flexibility index (Phi) is 6.89. The third-order valence-electron chi connectivity index (χ3n) is 5.25. The molecule has 0 bridgehead atoms. The lowest BCUT2D eigenvalue weighted by Gasteiger charge is -2.38. The Morgan fingerprint density at radius 1 is 1.12 bits per heavy atom. The molecular weight excluding hydrogens is 352 g/mol. The Balaban J connectivity index is 0.00000243. The number of hydrogen-bond acceptors (Lipinski definition) is 3. The van der Waals surface area contributed by atoms with Gasteiger partial charge in [0.2, 0.25) is 0 Å². The highest BCUT2D eigenvalue weighted by Gasteiger charge is 2.38. The minimum Gasteiger partial charge on any atom is -0.339 e. The molecule has 0 unspecified atom stereocenters. The highest BCUT2D eigenvalue weighted by atomic mass is 35.5. The summed E-state index contributed by atoms with van der Waals surface area (Å²) in [6.45, 7) is 7.67. The average Bonchev–Trinajstić information content (AvgIpc) is 3.03. The molecule has 2 fully saturated rings. The van der Waals surface area contributed by atoms with Gasteiger partial charge in [-0.1, -0.05) is 0 Å². The van der Waals surface area contributed by atoms with Crippen molar-refractivity contribution in [3.05, 3.63) is 29.8 Å². The maximum atomic E-state index is 12.7. The lowest BCUT2D eigenvalue weighted by molar-refractivity contribution is 0.0607. The van der Waals surface area contributed by atoms with Gasteiger partial charge in [-0.25, -0.2) is 4.79 Å². The smallest absolute Gasteiger partial charge is 0.319 e. The van der Waals surface area contributed by atoms with Crippen molar-refractivity contribution in [2.45, 2.75) is 39.2 Å². The normalized spacial score (nSPS) is 18.5. The van der Waals surface area contributed by atoms with Crippen LogP contribution in [-0.4, -0.2) is 49.1 Å². The number of urea groups is 1.